The molecule has 0 aromatic heterocycles. The van der Waals surface area contributed by atoms with Crippen LogP contribution in [0.4, 0.5) is 4.39 Å². The molecule has 0 spiro atoms. The van der Waals surface area contributed by atoms with E-state index in [-0.39, 0.29) is 11.4 Å². The third-order valence-electron chi connectivity index (χ3n) is 2.15. The van der Waals surface area contributed by atoms with Crippen LogP contribution in [0.5, 0.6) is 0 Å². The van der Waals surface area contributed by atoms with E-state index < -0.39 is 5.82 Å². The largest absolute Gasteiger partial charge is 0.384 e. The van der Waals surface area contributed by atoms with Gasteiger partial charge in [-0.05, 0) is 12.1 Å². The van der Waals surface area contributed by atoms with E-state index in [0.717, 1.165) is 4.90 Å². The first kappa shape index (κ1) is 10.4. The zero-order valence-corrected chi connectivity index (χ0v) is 8.81. The van der Waals surface area contributed by atoms with Crippen LogP contribution in [0, 0.1) is 11.2 Å². The number of nitrogens with one attached hydrogen (secondary N) is 1. The highest BCUT2D eigenvalue weighted by atomic mass is 32.2. The number of halogens is 1. The van der Waals surface area contributed by atoms with Gasteiger partial charge in [0.15, 0.2) is 0 Å². The molecule has 3 N–H and O–H groups in total. The third-order valence-corrected chi connectivity index (χ3v) is 3.35. The predicted molar refractivity (Wildman–Crippen MR) is 57.9 cm³/mol. The smallest absolute Gasteiger partial charge is 0.135 e. The summed E-state index contributed by atoms with van der Waals surface area (Å²) in [6.07, 6.45) is 0. The highest BCUT2D eigenvalue weighted by molar-refractivity contribution is 8.00. The Labute approximate surface area is 91.3 Å². The lowest BCUT2D eigenvalue weighted by molar-refractivity contribution is 0.0455. The van der Waals surface area contributed by atoms with Crippen molar-refractivity contribution in [2.75, 3.05) is 13.2 Å². The maximum atomic E-state index is 13.4. The summed E-state index contributed by atoms with van der Waals surface area (Å²) >= 11 is 1.51. The highest BCUT2D eigenvalue weighted by Crippen LogP contribution is 2.31. The molecule has 1 aromatic rings. The lowest BCUT2D eigenvalue weighted by atomic mass is 10.2. The van der Waals surface area contributed by atoms with Gasteiger partial charge in [0.25, 0.3) is 0 Å². The van der Waals surface area contributed by atoms with E-state index in [1.807, 2.05) is 0 Å². The molecular formula is C10H11FN2OS. The summed E-state index contributed by atoms with van der Waals surface area (Å²) in [5.74, 6) is -0.663. The summed E-state index contributed by atoms with van der Waals surface area (Å²) in [6.45, 7) is 1.36. The van der Waals surface area contributed by atoms with Crippen molar-refractivity contribution in [3.05, 3.63) is 29.6 Å². The van der Waals surface area contributed by atoms with E-state index in [1.54, 1.807) is 12.1 Å². The van der Waals surface area contributed by atoms with E-state index in [4.69, 9.17) is 15.9 Å². The summed E-state index contributed by atoms with van der Waals surface area (Å²) in [5, 5.41) is 7.68. The number of hydrogen-bond donors (Lipinski definition) is 2. The SMILES string of the molecule is N=C(N)c1c(F)cccc1SC1COC1. The van der Waals surface area contributed by atoms with Gasteiger partial charge in [-0.1, -0.05) is 6.07 Å². The highest BCUT2D eigenvalue weighted by Gasteiger charge is 2.22. The van der Waals surface area contributed by atoms with Gasteiger partial charge >= 0.3 is 0 Å². The summed E-state index contributed by atoms with van der Waals surface area (Å²) in [4.78, 5) is 0.718. The van der Waals surface area contributed by atoms with Crippen molar-refractivity contribution in [2.24, 2.45) is 5.73 Å². The lowest BCUT2D eigenvalue weighted by Crippen LogP contribution is -2.30. The van der Waals surface area contributed by atoms with Crippen molar-refractivity contribution < 1.29 is 9.13 Å². The third kappa shape index (κ3) is 2.13. The molecule has 0 radical (unpaired) electrons. The van der Waals surface area contributed by atoms with E-state index in [2.05, 4.69) is 0 Å². The first-order valence-corrected chi connectivity index (χ1v) is 5.44. The van der Waals surface area contributed by atoms with Crippen LogP contribution in [0.25, 0.3) is 0 Å². The molecule has 0 amide bonds. The quantitative estimate of drug-likeness (QED) is 0.608. The van der Waals surface area contributed by atoms with Crippen LogP contribution in [-0.2, 0) is 4.74 Å². The van der Waals surface area contributed by atoms with Crippen LogP contribution in [0.2, 0.25) is 0 Å². The van der Waals surface area contributed by atoms with E-state index >= 15 is 0 Å². The van der Waals surface area contributed by atoms with Crippen molar-refractivity contribution in [3.8, 4) is 0 Å². The number of thioether (sulfide) groups is 1. The molecule has 1 aliphatic rings. The Morgan fingerprint density at radius 3 is 2.80 bits per heavy atom. The average molecular weight is 226 g/mol. The van der Waals surface area contributed by atoms with Gasteiger partial charge in [-0.3, -0.25) is 5.41 Å². The second kappa shape index (κ2) is 4.20. The average Bonchev–Trinajstić information content (AvgIpc) is 2.10. The van der Waals surface area contributed by atoms with Crippen LogP contribution in [0.1, 0.15) is 5.56 Å². The van der Waals surface area contributed by atoms with Gasteiger partial charge in [-0.2, -0.15) is 0 Å². The first-order valence-electron chi connectivity index (χ1n) is 4.56. The number of amidine groups is 1. The summed E-state index contributed by atoms with van der Waals surface area (Å²) < 4.78 is 18.4. The van der Waals surface area contributed by atoms with Crippen LogP contribution in [0.3, 0.4) is 0 Å². The van der Waals surface area contributed by atoms with Gasteiger partial charge in [-0.25, -0.2) is 4.39 Å². The van der Waals surface area contributed by atoms with Crippen LogP contribution in [-0.4, -0.2) is 24.3 Å². The van der Waals surface area contributed by atoms with Crippen molar-refractivity contribution in [3.63, 3.8) is 0 Å². The molecule has 0 bridgehead atoms. The standard InChI is InChI=1S/C10H11FN2OS/c11-7-2-1-3-8(9(7)10(12)13)15-6-4-14-5-6/h1-3,6H,4-5H2,(H3,12,13). The molecule has 2 rings (SSSR count). The minimum Gasteiger partial charge on any atom is -0.384 e. The minimum atomic E-state index is -0.437. The van der Waals surface area contributed by atoms with Crippen LogP contribution >= 0.6 is 11.8 Å². The molecule has 0 saturated carbocycles. The Balaban J connectivity index is 2.27. The Bertz CT molecular complexity index is 393. The molecule has 1 heterocycles. The predicted octanol–water partition coefficient (Wildman–Crippen LogP) is 1.60. The first-order chi connectivity index (χ1) is 7.18. The fraction of sp³-hybridized carbons (Fsp3) is 0.300. The van der Waals surface area contributed by atoms with Crippen molar-refractivity contribution in [1.82, 2.24) is 0 Å². The Morgan fingerprint density at radius 1 is 1.53 bits per heavy atom. The molecule has 15 heavy (non-hydrogen) atoms. The summed E-state index contributed by atoms with van der Waals surface area (Å²) in [7, 11) is 0. The summed E-state index contributed by atoms with van der Waals surface area (Å²) in [5.41, 5.74) is 5.55. The zero-order chi connectivity index (χ0) is 10.8. The fourth-order valence-corrected chi connectivity index (χ4v) is 2.50. The number of benzene rings is 1. The molecule has 1 fully saturated rings. The van der Waals surface area contributed by atoms with Gasteiger partial charge in [0.05, 0.1) is 24.0 Å². The van der Waals surface area contributed by atoms with Crippen LogP contribution < -0.4 is 5.73 Å². The normalized spacial score (nSPS) is 16.1. The molecule has 1 aliphatic heterocycles. The molecule has 0 aliphatic carbocycles. The maximum absolute atomic E-state index is 13.4. The van der Waals surface area contributed by atoms with Gasteiger partial charge in [0.2, 0.25) is 0 Å². The molecule has 3 nitrogen and oxygen atoms in total. The van der Waals surface area contributed by atoms with Gasteiger partial charge in [0.1, 0.15) is 11.7 Å². The van der Waals surface area contributed by atoms with E-state index in [0.29, 0.717) is 18.5 Å². The summed E-state index contributed by atoms with van der Waals surface area (Å²) in [6, 6.07) is 4.73. The molecule has 80 valence electrons. The molecule has 5 heteroatoms. The number of ether oxygens (including phenoxy) is 1. The Morgan fingerprint density at radius 2 is 2.27 bits per heavy atom. The van der Waals surface area contributed by atoms with E-state index in [9.17, 15) is 4.39 Å². The number of hydrogen-bond acceptors (Lipinski definition) is 3. The number of nitrogen functional groups attached to an aromatic ring is 1. The monoisotopic (exact) mass is 226 g/mol. The van der Waals surface area contributed by atoms with Gasteiger partial charge in [0, 0.05) is 4.90 Å². The molecule has 1 aromatic carbocycles. The second-order valence-corrected chi connectivity index (χ2v) is 4.65. The minimum absolute atomic E-state index is 0.203. The Hall–Kier alpha value is -1.07. The number of rotatable bonds is 3. The topological polar surface area (TPSA) is 59.1 Å². The van der Waals surface area contributed by atoms with Crippen molar-refractivity contribution in [1.29, 1.82) is 5.41 Å². The van der Waals surface area contributed by atoms with Crippen molar-refractivity contribution in [2.45, 2.75) is 10.1 Å². The molecule has 0 unspecified atom stereocenters. The maximum Gasteiger partial charge on any atom is 0.135 e. The fourth-order valence-electron chi connectivity index (χ4n) is 1.33. The zero-order valence-electron chi connectivity index (χ0n) is 8.00. The Kier molecular flexibility index (Phi) is 2.93. The van der Waals surface area contributed by atoms with Crippen molar-refractivity contribution >= 4 is 17.6 Å². The molecule has 0 atom stereocenters. The molecular weight excluding hydrogens is 215 g/mol. The second-order valence-electron chi connectivity index (χ2n) is 3.30. The lowest BCUT2D eigenvalue weighted by Gasteiger charge is -2.25. The molecule has 1 saturated heterocycles. The van der Waals surface area contributed by atoms with E-state index in [1.165, 1.54) is 17.8 Å². The van der Waals surface area contributed by atoms with Gasteiger partial charge < -0.3 is 10.5 Å². The number of nitrogens with two attached hydrogens (primary N) is 1. The van der Waals surface area contributed by atoms with Gasteiger partial charge in [-0.15, -0.1) is 11.8 Å². The van der Waals surface area contributed by atoms with Crippen LogP contribution in [0.15, 0.2) is 23.1 Å².